The van der Waals surface area contributed by atoms with Gasteiger partial charge in [0.1, 0.15) is 11.8 Å². The maximum Gasteiger partial charge on any atom is 0.243 e. The van der Waals surface area contributed by atoms with Crippen LogP contribution in [0.25, 0.3) is 0 Å². The molecule has 0 aromatic heterocycles. The Morgan fingerprint density at radius 3 is 2.62 bits per heavy atom. The number of phenols is 1. The molecule has 0 bridgehead atoms. The lowest BCUT2D eigenvalue weighted by Crippen LogP contribution is -2.56. The van der Waals surface area contributed by atoms with Gasteiger partial charge < -0.3 is 15.7 Å². The number of benzene rings is 1. The lowest BCUT2D eigenvalue weighted by molar-refractivity contribution is -0.133. The summed E-state index contributed by atoms with van der Waals surface area (Å²) in [7, 11) is 0. The summed E-state index contributed by atoms with van der Waals surface area (Å²) in [5, 5.41) is 14.2. The number of rotatable bonds is 2. The predicted octanol–water partition coefficient (Wildman–Crippen LogP) is -0.451. The lowest BCUT2D eigenvalue weighted by Gasteiger charge is -2.23. The summed E-state index contributed by atoms with van der Waals surface area (Å²) in [5.74, 6) is -0.170. The summed E-state index contributed by atoms with van der Waals surface area (Å²) in [6, 6.07) is 6.04. The Morgan fingerprint density at radius 2 is 1.94 bits per heavy atom. The summed E-state index contributed by atoms with van der Waals surface area (Å²) in [6.45, 7) is 0.0465. The third kappa shape index (κ3) is 2.31. The van der Waals surface area contributed by atoms with Crippen molar-refractivity contribution in [3.63, 3.8) is 0 Å². The fourth-order valence-corrected chi connectivity index (χ4v) is 1.61. The van der Waals surface area contributed by atoms with Gasteiger partial charge in [0, 0.05) is 6.42 Å². The van der Waals surface area contributed by atoms with Crippen LogP contribution in [0.3, 0.4) is 0 Å². The SMILES string of the molecule is O=C1CNC(=O)[C@@H](Cc2ccc(O)cc2)N1. The van der Waals surface area contributed by atoms with Crippen molar-refractivity contribution in [1.82, 2.24) is 10.6 Å². The fourth-order valence-electron chi connectivity index (χ4n) is 1.61. The largest absolute Gasteiger partial charge is 0.508 e. The number of carbonyl (C=O) groups excluding carboxylic acids is 2. The average Bonchev–Trinajstić information content (AvgIpc) is 2.27. The second-order valence-electron chi connectivity index (χ2n) is 3.71. The van der Waals surface area contributed by atoms with Gasteiger partial charge in [-0.15, -0.1) is 0 Å². The molecule has 2 amide bonds. The summed E-state index contributed by atoms with van der Waals surface area (Å²) in [6.07, 6.45) is 0.428. The van der Waals surface area contributed by atoms with Gasteiger partial charge >= 0.3 is 0 Å². The molecule has 0 unspecified atom stereocenters. The van der Waals surface area contributed by atoms with Gasteiger partial charge in [-0.05, 0) is 17.7 Å². The van der Waals surface area contributed by atoms with E-state index in [4.69, 9.17) is 5.11 Å². The molecule has 0 radical (unpaired) electrons. The van der Waals surface area contributed by atoms with Crippen LogP contribution in [0.4, 0.5) is 0 Å². The van der Waals surface area contributed by atoms with Crippen LogP contribution in [0, 0.1) is 0 Å². The molecule has 1 fully saturated rings. The van der Waals surface area contributed by atoms with E-state index in [9.17, 15) is 9.59 Å². The van der Waals surface area contributed by atoms with Crippen LogP contribution >= 0.6 is 0 Å². The Kier molecular flexibility index (Phi) is 2.76. The number of hydrogen-bond donors (Lipinski definition) is 3. The van der Waals surface area contributed by atoms with Crippen molar-refractivity contribution >= 4 is 11.8 Å². The molecule has 0 aliphatic carbocycles. The van der Waals surface area contributed by atoms with Crippen molar-refractivity contribution in [2.45, 2.75) is 12.5 Å². The normalized spacial score (nSPS) is 20.1. The number of amides is 2. The highest BCUT2D eigenvalue weighted by Crippen LogP contribution is 2.11. The van der Waals surface area contributed by atoms with Gasteiger partial charge in [0.05, 0.1) is 6.54 Å². The molecule has 1 aromatic carbocycles. The number of hydrogen-bond acceptors (Lipinski definition) is 3. The second kappa shape index (κ2) is 4.22. The standard InChI is InChI=1S/C11H12N2O3/c14-8-3-1-7(2-4-8)5-9-11(16)12-6-10(15)13-9/h1-4,9,14H,5-6H2,(H,12,16)(H,13,15)/t9-/m1/s1. The minimum absolute atomic E-state index is 0.0465. The van der Waals surface area contributed by atoms with Crippen LogP contribution in [0.1, 0.15) is 5.56 Å². The smallest absolute Gasteiger partial charge is 0.243 e. The van der Waals surface area contributed by atoms with E-state index in [0.717, 1.165) is 5.56 Å². The molecule has 3 N–H and O–H groups in total. The molecular weight excluding hydrogens is 208 g/mol. The van der Waals surface area contributed by atoms with Crippen LogP contribution < -0.4 is 10.6 Å². The summed E-state index contributed by atoms with van der Waals surface area (Å²) < 4.78 is 0. The van der Waals surface area contributed by atoms with E-state index in [1.54, 1.807) is 24.3 Å². The minimum Gasteiger partial charge on any atom is -0.508 e. The molecule has 5 heteroatoms. The Morgan fingerprint density at radius 1 is 1.25 bits per heavy atom. The number of carbonyl (C=O) groups is 2. The monoisotopic (exact) mass is 220 g/mol. The van der Waals surface area contributed by atoms with Gasteiger partial charge in [0.15, 0.2) is 0 Å². The number of aromatic hydroxyl groups is 1. The van der Waals surface area contributed by atoms with E-state index in [0.29, 0.717) is 6.42 Å². The molecule has 1 aliphatic heterocycles. The highest BCUT2D eigenvalue weighted by Gasteiger charge is 2.25. The highest BCUT2D eigenvalue weighted by molar-refractivity contribution is 5.94. The van der Waals surface area contributed by atoms with E-state index < -0.39 is 6.04 Å². The number of phenolic OH excluding ortho intramolecular Hbond substituents is 1. The molecule has 1 aromatic rings. The number of nitrogens with one attached hydrogen (secondary N) is 2. The van der Waals surface area contributed by atoms with Crippen molar-refractivity contribution in [3.8, 4) is 5.75 Å². The van der Waals surface area contributed by atoms with E-state index in [2.05, 4.69) is 10.6 Å². The molecule has 84 valence electrons. The molecule has 1 atom stereocenters. The van der Waals surface area contributed by atoms with Crippen molar-refractivity contribution in [2.75, 3.05) is 6.54 Å². The Bertz CT molecular complexity index is 414. The highest BCUT2D eigenvalue weighted by atomic mass is 16.3. The first-order chi connectivity index (χ1) is 7.65. The molecular formula is C11H12N2O3. The molecule has 1 saturated heterocycles. The third-order valence-corrected chi connectivity index (χ3v) is 2.45. The lowest BCUT2D eigenvalue weighted by atomic mass is 10.0. The van der Waals surface area contributed by atoms with Crippen molar-refractivity contribution in [1.29, 1.82) is 0 Å². The van der Waals surface area contributed by atoms with E-state index in [1.165, 1.54) is 0 Å². The maximum absolute atomic E-state index is 11.4. The molecule has 1 aliphatic rings. The number of piperazine rings is 1. The molecule has 16 heavy (non-hydrogen) atoms. The first-order valence-electron chi connectivity index (χ1n) is 5.00. The molecule has 5 nitrogen and oxygen atoms in total. The second-order valence-corrected chi connectivity index (χ2v) is 3.71. The third-order valence-electron chi connectivity index (χ3n) is 2.45. The summed E-state index contributed by atoms with van der Waals surface area (Å²) in [4.78, 5) is 22.5. The van der Waals surface area contributed by atoms with E-state index in [1.807, 2.05) is 0 Å². The van der Waals surface area contributed by atoms with E-state index in [-0.39, 0.29) is 24.1 Å². The van der Waals surface area contributed by atoms with Gasteiger partial charge in [0.25, 0.3) is 0 Å². The Labute approximate surface area is 92.5 Å². The minimum atomic E-state index is -0.522. The Balaban J connectivity index is 2.05. The topological polar surface area (TPSA) is 78.4 Å². The fraction of sp³-hybridized carbons (Fsp3) is 0.273. The van der Waals surface area contributed by atoms with Crippen LogP contribution in [-0.4, -0.2) is 29.5 Å². The van der Waals surface area contributed by atoms with E-state index >= 15 is 0 Å². The van der Waals surface area contributed by atoms with Gasteiger partial charge in [-0.25, -0.2) is 0 Å². The van der Waals surface area contributed by atoms with Crippen LogP contribution in [-0.2, 0) is 16.0 Å². The Hall–Kier alpha value is -2.04. The average molecular weight is 220 g/mol. The van der Waals surface area contributed by atoms with Crippen molar-refractivity contribution in [2.24, 2.45) is 0 Å². The van der Waals surface area contributed by atoms with Crippen LogP contribution in [0.5, 0.6) is 5.75 Å². The zero-order valence-electron chi connectivity index (χ0n) is 8.56. The maximum atomic E-state index is 11.4. The van der Waals surface area contributed by atoms with Crippen molar-refractivity contribution < 1.29 is 14.7 Å². The first-order valence-corrected chi connectivity index (χ1v) is 5.00. The zero-order chi connectivity index (χ0) is 11.5. The van der Waals surface area contributed by atoms with Gasteiger partial charge in [-0.3, -0.25) is 9.59 Å². The van der Waals surface area contributed by atoms with Crippen LogP contribution in [0.15, 0.2) is 24.3 Å². The predicted molar refractivity (Wildman–Crippen MR) is 56.8 cm³/mol. The molecule has 0 saturated carbocycles. The van der Waals surface area contributed by atoms with Crippen molar-refractivity contribution in [3.05, 3.63) is 29.8 Å². The van der Waals surface area contributed by atoms with Gasteiger partial charge in [-0.2, -0.15) is 0 Å². The van der Waals surface area contributed by atoms with Gasteiger partial charge in [0.2, 0.25) is 11.8 Å². The first kappa shape index (κ1) is 10.5. The summed E-state index contributed by atoms with van der Waals surface area (Å²) >= 11 is 0. The van der Waals surface area contributed by atoms with Crippen LogP contribution in [0.2, 0.25) is 0 Å². The molecule has 2 rings (SSSR count). The zero-order valence-corrected chi connectivity index (χ0v) is 8.56. The molecule has 1 heterocycles. The van der Waals surface area contributed by atoms with Gasteiger partial charge in [-0.1, -0.05) is 12.1 Å². The quantitative estimate of drug-likeness (QED) is 0.631. The molecule has 0 spiro atoms. The summed E-state index contributed by atoms with van der Waals surface area (Å²) in [5.41, 5.74) is 0.889.